The number of anilines is 2. The van der Waals surface area contributed by atoms with Crippen LogP contribution in [0.4, 0.5) is 11.4 Å². The summed E-state index contributed by atoms with van der Waals surface area (Å²) in [5, 5.41) is 3.33. The summed E-state index contributed by atoms with van der Waals surface area (Å²) in [5.41, 5.74) is 0.621. The summed E-state index contributed by atoms with van der Waals surface area (Å²) in [6, 6.07) is 14.7. The number of halogens is 2. The number of hydroxylamine groups is 1. The molecule has 0 aromatic heterocycles. The first-order valence-corrected chi connectivity index (χ1v) is 13.2. The summed E-state index contributed by atoms with van der Waals surface area (Å²) in [7, 11) is -2.09. The topological polar surface area (TPSA) is 114 Å². The van der Waals surface area contributed by atoms with Gasteiger partial charge in [0, 0.05) is 39.5 Å². The number of rotatable bonds is 8. The Hall–Kier alpha value is -3.31. The van der Waals surface area contributed by atoms with Crippen LogP contribution < -0.4 is 19.8 Å². The Kier molecular flexibility index (Phi) is 7.38. The van der Waals surface area contributed by atoms with Crippen LogP contribution in [-0.4, -0.2) is 41.0 Å². The Balaban J connectivity index is 2.04. The van der Waals surface area contributed by atoms with E-state index in [2.05, 4.69) is 10.8 Å². The van der Waals surface area contributed by atoms with Crippen molar-refractivity contribution in [2.45, 2.75) is 17.2 Å². The molecule has 194 valence electrons. The molecule has 0 bridgehead atoms. The van der Waals surface area contributed by atoms with E-state index in [1.165, 1.54) is 56.7 Å². The molecule has 0 fully saturated rings. The Morgan fingerprint density at radius 3 is 2.41 bits per heavy atom. The number of hydrogen-bond acceptors (Lipinski definition) is 7. The molecule has 1 heterocycles. The van der Waals surface area contributed by atoms with E-state index in [4.69, 9.17) is 32.8 Å². The first-order chi connectivity index (χ1) is 17.6. The summed E-state index contributed by atoms with van der Waals surface area (Å²) < 4.78 is 34.2. The fraction of sp³-hybridized carbons (Fsp3) is 0.200. The SMILES string of the molecule is CCNc1ccc(S(=O)(=O)N2C(=O)C(C(=O)NOC)(c3ccccc3Cl)c3cc(Cl)ccc32)c(OC)c1. The van der Waals surface area contributed by atoms with E-state index >= 15 is 0 Å². The molecule has 12 heteroatoms. The maximum atomic E-state index is 14.3. The second kappa shape index (κ2) is 10.2. The average molecular weight is 564 g/mol. The molecular weight excluding hydrogens is 541 g/mol. The third kappa shape index (κ3) is 4.19. The predicted octanol–water partition coefficient (Wildman–Crippen LogP) is 4.13. The number of fused-ring (bicyclic) bond motifs is 1. The number of carbonyl (C=O) groups excluding carboxylic acids is 2. The van der Waals surface area contributed by atoms with E-state index in [-0.39, 0.29) is 37.5 Å². The molecule has 1 aliphatic heterocycles. The van der Waals surface area contributed by atoms with Gasteiger partial charge in [0.2, 0.25) is 0 Å². The smallest absolute Gasteiger partial charge is 0.274 e. The summed E-state index contributed by atoms with van der Waals surface area (Å²) in [6.07, 6.45) is 0. The molecule has 1 aliphatic rings. The van der Waals surface area contributed by atoms with Crippen LogP contribution in [0.3, 0.4) is 0 Å². The van der Waals surface area contributed by atoms with Crippen molar-refractivity contribution in [3.05, 3.63) is 81.8 Å². The normalized spacial score (nSPS) is 16.9. The summed E-state index contributed by atoms with van der Waals surface area (Å²) in [6.45, 7) is 2.49. The van der Waals surface area contributed by atoms with Gasteiger partial charge >= 0.3 is 0 Å². The molecule has 0 spiro atoms. The second-order valence-electron chi connectivity index (χ2n) is 8.00. The maximum absolute atomic E-state index is 14.3. The number of methoxy groups -OCH3 is 1. The molecule has 37 heavy (non-hydrogen) atoms. The van der Waals surface area contributed by atoms with Crippen LogP contribution in [0.25, 0.3) is 0 Å². The van der Waals surface area contributed by atoms with Gasteiger partial charge in [-0.3, -0.25) is 14.4 Å². The highest BCUT2D eigenvalue weighted by atomic mass is 35.5. The molecule has 1 unspecified atom stereocenters. The Bertz CT molecular complexity index is 1500. The van der Waals surface area contributed by atoms with Crippen LogP contribution >= 0.6 is 23.2 Å². The molecule has 0 saturated heterocycles. The highest BCUT2D eigenvalue weighted by molar-refractivity contribution is 7.93. The van der Waals surface area contributed by atoms with E-state index in [0.29, 0.717) is 16.5 Å². The summed E-state index contributed by atoms with van der Waals surface area (Å²) in [4.78, 5) is 32.6. The Morgan fingerprint density at radius 1 is 1.03 bits per heavy atom. The van der Waals surface area contributed by atoms with Gasteiger partial charge in [-0.2, -0.15) is 0 Å². The van der Waals surface area contributed by atoms with Crippen LogP contribution in [0.1, 0.15) is 18.1 Å². The van der Waals surface area contributed by atoms with Crippen LogP contribution in [0.2, 0.25) is 10.0 Å². The number of sulfonamides is 1. The zero-order valence-electron chi connectivity index (χ0n) is 20.0. The van der Waals surface area contributed by atoms with Gasteiger partial charge in [-0.15, -0.1) is 0 Å². The number of nitrogens with one attached hydrogen (secondary N) is 2. The van der Waals surface area contributed by atoms with Crippen LogP contribution in [0.5, 0.6) is 5.75 Å². The number of nitrogens with zero attached hydrogens (tertiary/aromatic N) is 1. The number of benzene rings is 3. The van der Waals surface area contributed by atoms with E-state index in [0.717, 1.165) is 0 Å². The quantitative estimate of drug-likeness (QED) is 0.313. The molecule has 0 saturated carbocycles. The van der Waals surface area contributed by atoms with Crippen molar-refractivity contribution in [2.75, 3.05) is 30.4 Å². The number of carbonyl (C=O) groups is 2. The zero-order chi connectivity index (χ0) is 27.0. The number of hydrogen-bond donors (Lipinski definition) is 2. The van der Waals surface area contributed by atoms with Gasteiger partial charge in [0.1, 0.15) is 10.6 Å². The lowest BCUT2D eigenvalue weighted by atomic mass is 9.74. The van der Waals surface area contributed by atoms with Gasteiger partial charge in [-0.05, 0) is 43.3 Å². The van der Waals surface area contributed by atoms with Crippen molar-refractivity contribution in [3.8, 4) is 5.75 Å². The molecule has 4 rings (SSSR count). The van der Waals surface area contributed by atoms with Gasteiger partial charge in [-0.25, -0.2) is 18.2 Å². The fourth-order valence-corrected chi connectivity index (χ4v) is 6.49. The van der Waals surface area contributed by atoms with Gasteiger partial charge in [0.25, 0.3) is 21.8 Å². The zero-order valence-corrected chi connectivity index (χ0v) is 22.4. The Morgan fingerprint density at radius 2 is 1.76 bits per heavy atom. The molecule has 2 amide bonds. The van der Waals surface area contributed by atoms with E-state index in [9.17, 15) is 18.0 Å². The number of amides is 2. The molecule has 0 aliphatic carbocycles. The van der Waals surface area contributed by atoms with Crippen molar-refractivity contribution in [1.82, 2.24) is 5.48 Å². The van der Waals surface area contributed by atoms with Crippen molar-refractivity contribution in [3.63, 3.8) is 0 Å². The highest BCUT2D eigenvalue weighted by Gasteiger charge is 2.61. The molecular formula is C25H23Cl2N3O6S. The Labute approximate surface area is 224 Å². The lowest BCUT2D eigenvalue weighted by molar-refractivity contribution is -0.140. The minimum Gasteiger partial charge on any atom is -0.495 e. The molecule has 0 radical (unpaired) electrons. The summed E-state index contributed by atoms with van der Waals surface area (Å²) in [5.74, 6) is -2.01. The largest absolute Gasteiger partial charge is 0.495 e. The lowest BCUT2D eigenvalue weighted by Crippen LogP contribution is -2.53. The predicted molar refractivity (Wildman–Crippen MR) is 141 cm³/mol. The highest BCUT2D eigenvalue weighted by Crippen LogP contribution is 2.51. The molecule has 2 N–H and O–H groups in total. The molecule has 1 atom stereocenters. The standard InChI is InChI=1S/C25H23Cl2N3O6S/c1-4-28-16-10-12-22(21(14-16)35-2)37(33,34)30-20-11-9-15(26)13-18(20)25(24(30)32,23(31)29-36-3)17-7-5-6-8-19(17)27/h5-14,28H,4H2,1-3H3,(H,29,31). The first kappa shape index (κ1) is 26.7. The van der Waals surface area contributed by atoms with Crippen LogP contribution in [-0.2, 0) is 29.9 Å². The van der Waals surface area contributed by atoms with E-state index in [1.807, 2.05) is 6.92 Å². The first-order valence-electron chi connectivity index (χ1n) is 11.0. The van der Waals surface area contributed by atoms with Gasteiger partial charge < -0.3 is 10.1 Å². The fourth-order valence-electron chi connectivity index (χ4n) is 4.43. The molecule has 9 nitrogen and oxygen atoms in total. The minimum atomic E-state index is -4.60. The molecule has 3 aromatic rings. The van der Waals surface area contributed by atoms with Crippen LogP contribution in [0.15, 0.2) is 65.6 Å². The second-order valence-corrected chi connectivity index (χ2v) is 10.6. The van der Waals surface area contributed by atoms with Crippen molar-refractivity contribution < 1.29 is 27.6 Å². The monoisotopic (exact) mass is 563 g/mol. The van der Waals surface area contributed by atoms with E-state index < -0.39 is 27.3 Å². The average Bonchev–Trinajstić information content (AvgIpc) is 3.13. The van der Waals surface area contributed by atoms with Crippen molar-refractivity contribution in [1.29, 1.82) is 0 Å². The number of ether oxygens (including phenoxy) is 1. The van der Waals surface area contributed by atoms with E-state index in [1.54, 1.807) is 18.2 Å². The third-order valence-electron chi connectivity index (χ3n) is 5.96. The van der Waals surface area contributed by atoms with Crippen molar-refractivity contribution in [2.24, 2.45) is 0 Å². The summed E-state index contributed by atoms with van der Waals surface area (Å²) >= 11 is 12.8. The lowest BCUT2D eigenvalue weighted by Gasteiger charge is -2.28. The van der Waals surface area contributed by atoms with Gasteiger partial charge in [0.15, 0.2) is 5.41 Å². The maximum Gasteiger partial charge on any atom is 0.274 e. The third-order valence-corrected chi connectivity index (χ3v) is 8.26. The minimum absolute atomic E-state index is 0.0124. The van der Waals surface area contributed by atoms with Crippen LogP contribution in [0, 0.1) is 0 Å². The molecule has 3 aromatic carbocycles. The van der Waals surface area contributed by atoms with Crippen molar-refractivity contribution >= 4 is 56.4 Å². The van der Waals surface area contributed by atoms with Gasteiger partial charge in [-0.1, -0.05) is 41.4 Å². The van der Waals surface area contributed by atoms with Gasteiger partial charge in [0.05, 0.1) is 19.9 Å².